The molecule has 3 aromatic rings. The summed E-state index contributed by atoms with van der Waals surface area (Å²) in [5.41, 5.74) is 3.51. The van der Waals surface area contributed by atoms with E-state index in [1.807, 2.05) is 36.0 Å². The topological polar surface area (TPSA) is 25.2 Å². The van der Waals surface area contributed by atoms with Crippen molar-refractivity contribution in [3.05, 3.63) is 58.7 Å². The summed E-state index contributed by atoms with van der Waals surface area (Å²) >= 11 is 7.85. The summed E-state index contributed by atoms with van der Waals surface area (Å²) in [4.78, 5) is 1.27. The second-order valence-corrected chi connectivity index (χ2v) is 7.75. The minimum absolute atomic E-state index is 0.421. The monoisotopic (exact) mass is 329 g/mol. The maximum atomic E-state index is 10.2. The minimum Gasteiger partial charge on any atom is -0.508 e. The Morgan fingerprint density at radius 3 is 2.77 bits per heavy atom. The molecule has 2 aromatic carbocycles. The van der Waals surface area contributed by atoms with Crippen molar-refractivity contribution in [3.8, 4) is 5.75 Å². The second-order valence-electron chi connectivity index (χ2n) is 5.84. The van der Waals surface area contributed by atoms with Crippen molar-refractivity contribution >= 4 is 34.3 Å². The molecule has 4 heteroatoms. The van der Waals surface area contributed by atoms with Crippen LogP contribution in [0.25, 0.3) is 10.9 Å². The van der Waals surface area contributed by atoms with Gasteiger partial charge in [-0.05, 0) is 36.2 Å². The van der Waals surface area contributed by atoms with Crippen LogP contribution in [0.1, 0.15) is 18.1 Å². The molecule has 0 bridgehead atoms. The molecule has 1 unspecified atom stereocenters. The van der Waals surface area contributed by atoms with E-state index in [4.69, 9.17) is 11.6 Å². The van der Waals surface area contributed by atoms with Gasteiger partial charge in [-0.1, -0.05) is 30.7 Å². The Morgan fingerprint density at radius 2 is 2.00 bits per heavy atom. The van der Waals surface area contributed by atoms with Crippen LogP contribution in [0.4, 0.5) is 0 Å². The number of thioether (sulfide) groups is 1. The molecule has 22 heavy (non-hydrogen) atoms. The molecule has 0 spiro atoms. The van der Waals surface area contributed by atoms with Gasteiger partial charge in [0.2, 0.25) is 0 Å². The molecule has 1 aliphatic heterocycles. The van der Waals surface area contributed by atoms with Crippen molar-refractivity contribution in [1.82, 2.24) is 4.57 Å². The van der Waals surface area contributed by atoms with Crippen molar-refractivity contribution < 1.29 is 5.11 Å². The first-order chi connectivity index (χ1) is 10.6. The highest BCUT2D eigenvalue weighted by molar-refractivity contribution is 8.00. The highest BCUT2D eigenvalue weighted by Crippen LogP contribution is 2.44. The van der Waals surface area contributed by atoms with Gasteiger partial charge in [0.15, 0.2) is 0 Å². The quantitative estimate of drug-likeness (QED) is 0.708. The predicted octanol–water partition coefficient (Wildman–Crippen LogP) is 5.09. The van der Waals surface area contributed by atoms with E-state index in [0.29, 0.717) is 11.0 Å². The Kier molecular flexibility index (Phi) is 3.35. The fourth-order valence-electron chi connectivity index (χ4n) is 3.17. The number of rotatable bonds is 2. The Hall–Kier alpha value is -1.58. The maximum Gasteiger partial charge on any atom is 0.119 e. The Balaban J connectivity index is 1.83. The van der Waals surface area contributed by atoms with Crippen LogP contribution in [-0.2, 0) is 13.0 Å². The van der Waals surface area contributed by atoms with Crippen LogP contribution in [0, 0.1) is 0 Å². The zero-order valence-corrected chi connectivity index (χ0v) is 13.8. The fraction of sp³-hybridized carbons (Fsp3) is 0.222. The van der Waals surface area contributed by atoms with Gasteiger partial charge in [0.25, 0.3) is 0 Å². The predicted molar refractivity (Wildman–Crippen MR) is 93.2 cm³/mol. The molecular weight excluding hydrogens is 314 g/mol. The van der Waals surface area contributed by atoms with E-state index >= 15 is 0 Å². The van der Waals surface area contributed by atoms with Gasteiger partial charge in [-0.3, -0.25) is 0 Å². The summed E-state index contributed by atoms with van der Waals surface area (Å²) in [6, 6.07) is 11.8. The van der Waals surface area contributed by atoms with Crippen molar-refractivity contribution in [1.29, 1.82) is 0 Å². The highest BCUT2D eigenvalue weighted by Gasteiger charge is 2.23. The molecule has 1 N–H and O–H groups in total. The third-order valence-electron chi connectivity index (χ3n) is 4.18. The van der Waals surface area contributed by atoms with E-state index < -0.39 is 0 Å². The number of hydrogen-bond acceptors (Lipinski definition) is 2. The van der Waals surface area contributed by atoms with Crippen LogP contribution < -0.4 is 0 Å². The zero-order valence-electron chi connectivity index (χ0n) is 12.2. The first-order valence-corrected chi connectivity index (χ1v) is 8.62. The van der Waals surface area contributed by atoms with Crippen LogP contribution in [0.15, 0.2) is 47.5 Å². The first-order valence-electron chi connectivity index (χ1n) is 7.36. The van der Waals surface area contributed by atoms with Crippen molar-refractivity contribution in [2.45, 2.75) is 30.0 Å². The van der Waals surface area contributed by atoms with Gasteiger partial charge >= 0.3 is 0 Å². The lowest BCUT2D eigenvalue weighted by molar-refractivity contribution is 0.469. The number of phenols is 1. The second kappa shape index (κ2) is 5.25. The summed E-state index contributed by atoms with van der Waals surface area (Å²) in [5.74, 6) is 0.421. The average Bonchev–Trinajstić information content (AvgIpc) is 2.83. The van der Waals surface area contributed by atoms with Gasteiger partial charge in [-0.2, -0.15) is 0 Å². The lowest BCUT2D eigenvalue weighted by atomic mass is 10.0. The summed E-state index contributed by atoms with van der Waals surface area (Å²) in [6.45, 7) is 3.02. The molecule has 0 amide bonds. The number of hydrogen-bond donors (Lipinski definition) is 1. The van der Waals surface area contributed by atoms with Gasteiger partial charge in [0.1, 0.15) is 5.75 Å². The maximum absolute atomic E-state index is 10.2. The molecule has 0 fully saturated rings. The van der Waals surface area contributed by atoms with Crippen molar-refractivity contribution in [2.24, 2.45) is 0 Å². The van der Waals surface area contributed by atoms with E-state index in [9.17, 15) is 5.11 Å². The number of nitrogens with zero attached hydrogens (tertiary/aromatic N) is 1. The number of benzene rings is 2. The zero-order chi connectivity index (χ0) is 15.3. The molecule has 1 aliphatic rings. The van der Waals surface area contributed by atoms with Gasteiger partial charge in [0, 0.05) is 38.9 Å². The molecule has 0 radical (unpaired) electrons. The highest BCUT2D eigenvalue weighted by atomic mass is 35.5. The molecule has 0 saturated heterocycles. The lowest BCUT2D eigenvalue weighted by Crippen LogP contribution is -2.06. The standard InChI is InChI=1S/C18H16ClNOS/c1-11-8-14-16(21)7-6-15-18(14)17(22-11)10-20(15)9-12-2-4-13(19)5-3-12/h2-7,10-11,21H,8-9H2,1H3. The third kappa shape index (κ3) is 2.29. The van der Waals surface area contributed by atoms with Crippen LogP contribution in [-0.4, -0.2) is 14.9 Å². The minimum atomic E-state index is 0.421. The summed E-state index contributed by atoms with van der Waals surface area (Å²) < 4.78 is 2.27. The molecule has 0 aliphatic carbocycles. The first kappa shape index (κ1) is 14.0. The smallest absolute Gasteiger partial charge is 0.119 e. The van der Waals surface area contributed by atoms with E-state index in [1.54, 1.807) is 0 Å². The molecule has 1 aromatic heterocycles. The number of phenolic OH excluding ortho intramolecular Hbond substituents is 1. The van der Waals surface area contributed by atoms with Gasteiger partial charge in [-0.15, -0.1) is 11.8 Å². The van der Waals surface area contributed by atoms with E-state index in [-0.39, 0.29) is 0 Å². The van der Waals surface area contributed by atoms with Crippen molar-refractivity contribution in [2.75, 3.05) is 0 Å². The summed E-state index contributed by atoms with van der Waals surface area (Å²) in [6.07, 6.45) is 3.13. The number of halogens is 1. The summed E-state index contributed by atoms with van der Waals surface area (Å²) in [7, 11) is 0. The van der Waals surface area contributed by atoms with E-state index in [0.717, 1.165) is 23.6 Å². The van der Waals surface area contributed by atoms with E-state index in [1.165, 1.54) is 21.4 Å². The van der Waals surface area contributed by atoms with Crippen LogP contribution in [0.5, 0.6) is 5.75 Å². The van der Waals surface area contributed by atoms with Crippen molar-refractivity contribution in [3.63, 3.8) is 0 Å². The molecule has 0 saturated carbocycles. The SMILES string of the molecule is CC1Cc2c(O)ccc3c2c(cn3Cc2ccc(Cl)cc2)S1. The van der Waals surface area contributed by atoms with Gasteiger partial charge in [0.05, 0.1) is 5.52 Å². The van der Waals surface area contributed by atoms with Crippen LogP contribution in [0.2, 0.25) is 5.02 Å². The average molecular weight is 330 g/mol. The van der Waals surface area contributed by atoms with Gasteiger partial charge < -0.3 is 9.67 Å². The number of aromatic nitrogens is 1. The Labute approximate surface area is 138 Å². The van der Waals surface area contributed by atoms with Crippen LogP contribution >= 0.6 is 23.4 Å². The Morgan fingerprint density at radius 1 is 1.23 bits per heavy atom. The largest absolute Gasteiger partial charge is 0.508 e. The molecule has 4 rings (SSSR count). The molecule has 1 atom stereocenters. The van der Waals surface area contributed by atoms with E-state index in [2.05, 4.69) is 29.8 Å². The third-order valence-corrected chi connectivity index (χ3v) is 5.57. The summed E-state index contributed by atoms with van der Waals surface area (Å²) in [5, 5.41) is 12.7. The molecular formula is C18H16ClNOS. The fourth-order valence-corrected chi connectivity index (χ4v) is 4.52. The number of aromatic hydroxyl groups is 1. The molecule has 2 heterocycles. The normalized spacial score (nSPS) is 17.1. The molecule has 2 nitrogen and oxygen atoms in total. The molecule has 112 valence electrons. The van der Waals surface area contributed by atoms with Crippen LogP contribution in [0.3, 0.4) is 0 Å². The van der Waals surface area contributed by atoms with Gasteiger partial charge in [-0.25, -0.2) is 0 Å². The Bertz CT molecular complexity index is 854. The lowest BCUT2D eigenvalue weighted by Gasteiger charge is -2.19.